The highest BCUT2D eigenvalue weighted by Crippen LogP contribution is 2.27. The highest BCUT2D eigenvalue weighted by Gasteiger charge is 2.12. The van der Waals surface area contributed by atoms with Gasteiger partial charge in [-0.1, -0.05) is 30.3 Å². The van der Waals surface area contributed by atoms with Crippen molar-refractivity contribution in [2.24, 2.45) is 0 Å². The maximum absolute atomic E-state index is 12.9. The molecule has 33 heavy (non-hydrogen) atoms. The van der Waals surface area contributed by atoms with E-state index in [1.165, 1.54) is 6.20 Å². The lowest BCUT2D eigenvalue weighted by Crippen LogP contribution is -2.36. The summed E-state index contributed by atoms with van der Waals surface area (Å²) in [4.78, 5) is 36.8. The van der Waals surface area contributed by atoms with Gasteiger partial charge in [-0.15, -0.1) is 0 Å². The number of anilines is 1. The molecule has 0 amide bonds. The molecule has 4 aromatic rings. The molecule has 2 N–H and O–H groups in total. The van der Waals surface area contributed by atoms with Gasteiger partial charge in [0.1, 0.15) is 5.39 Å². The number of hydrogen-bond donors (Lipinski definition) is 2. The van der Waals surface area contributed by atoms with Crippen LogP contribution in [0.25, 0.3) is 11.0 Å². The van der Waals surface area contributed by atoms with Crippen molar-refractivity contribution < 1.29 is 9.47 Å². The van der Waals surface area contributed by atoms with Gasteiger partial charge < -0.3 is 14.8 Å². The molecule has 2 aromatic carbocycles. The summed E-state index contributed by atoms with van der Waals surface area (Å²) < 4.78 is 11.8. The van der Waals surface area contributed by atoms with Gasteiger partial charge in [0.25, 0.3) is 5.56 Å². The van der Waals surface area contributed by atoms with Crippen LogP contribution in [0, 0.1) is 6.92 Å². The molecule has 0 saturated heterocycles. The Kier molecular flexibility index (Phi) is 6.39. The van der Waals surface area contributed by atoms with Gasteiger partial charge in [-0.25, -0.2) is 9.78 Å². The van der Waals surface area contributed by atoms with Gasteiger partial charge in [-0.2, -0.15) is 4.98 Å². The van der Waals surface area contributed by atoms with E-state index in [0.717, 1.165) is 21.3 Å². The van der Waals surface area contributed by atoms with Crippen molar-refractivity contribution in [3.05, 3.63) is 86.2 Å². The molecule has 0 unspecified atom stereocenters. The Balaban J connectivity index is 1.51. The molecule has 2 heterocycles. The van der Waals surface area contributed by atoms with Crippen molar-refractivity contribution in [3.8, 4) is 11.5 Å². The van der Waals surface area contributed by atoms with Gasteiger partial charge in [0, 0.05) is 12.7 Å². The standard InChI is InChI=1S/C24H25N5O4/c1-15-6-4-5-7-17(15)14-29-22(30)18-13-26-23(27-21(18)28-24(29)31)25-11-10-16-8-9-19(32-2)20(12-16)33-3/h4-9,12-13H,10-11,14H2,1-3H3,(H2,25,26,27,28,31). The van der Waals surface area contributed by atoms with E-state index in [1.54, 1.807) is 14.2 Å². The fraction of sp³-hybridized carbons (Fsp3) is 0.250. The second-order valence-corrected chi connectivity index (χ2v) is 7.57. The van der Waals surface area contributed by atoms with E-state index in [4.69, 9.17) is 9.47 Å². The molecule has 0 aliphatic carbocycles. The zero-order valence-corrected chi connectivity index (χ0v) is 18.7. The van der Waals surface area contributed by atoms with Gasteiger partial charge >= 0.3 is 5.69 Å². The second-order valence-electron chi connectivity index (χ2n) is 7.57. The highest BCUT2D eigenvalue weighted by molar-refractivity contribution is 5.73. The minimum Gasteiger partial charge on any atom is -0.493 e. The Morgan fingerprint density at radius 3 is 2.61 bits per heavy atom. The summed E-state index contributed by atoms with van der Waals surface area (Å²) >= 11 is 0. The topological polar surface area (TPSA) is 111 Å². The molecule has 9 nitrogen and oxygen atoms in total. The molecule has 0 fully saturated rings. The molecule has 0 saturated carbocycles. The van der Waals surface area contributed by atoms with Gasteiger partial charge in [0.15, 0.2) is 17.1 Å². The number of nitrogens with one attached hydrogen (secondary N) is 2. The SMILES string of the molecule is COc1ccc(CCNc2ncc3c(=O)n(Cc4ccccc4C)c(=O)[nH]c3n2)cc1OC. The summed E-state index contributed by atoms with van der Waals surface area (Å²) in [6.45, 7) is 2.68. The molecule has 0 aliphatic heterocycles. The van der Waals surface area contributed by atoms with Gasteiger partial charge in [-0.3, -0.25) is 14.3 Å². The number of benzene rings is 2. The van der Waals surface area contributed by atoms with Crippen molar-refractivity contribution in [1.29, 1.82) is 0 Å². The first-order valence-electron chi connectivity index (χ1n) is 10.5. The number of aryl methyl sites for hydroxylation is 1. The Labute approximate surface area is 190 Å². The zero-order chi connectivity index (χ0) is 23.4. The Morgan fingerprint density at radius 2 is 1.85 bits per heavy atom. The van der Waals surface area contributed by atoms with Crippen LogP contribution < -0.4 is 26.0 Å². The minimum atomic E-state index is -0.509. The summed E-state index contributed by atoms with van der Waals surface area (Å²) in [6, 6.07) is 13.4. The van der Waals surface area contributed by atoms with Crippen LogP contribution in [-0.2, 0) is 13.0 Å². The molecule has 9 heteroatoms. The van der Waals surface area contributed by atoms with E-state index < -0.39 is 11.2 Å². The van der Waals surface area contributed by atoms with Gasteiger partial charge in [0.2, 0.25) is 5.95 Å². The summed E-state index contributed by atoms with van der Waals surface area (Å²) in [7, 11) is 3.19. The van der Waals surface area contributed by atoms with Crippen molar-refractivity contribution in [2.75, 3.05) is 26.1 Å². The molecular weight excluding hydrogens is 422 g/mol. The first-order valence-corrected chi connectivity index (χ1v) is 10.5. The van der Waals surface area contributed by atoms with Crippen LogP contribution in [-0.4, -0.2) is 40.3 Å². The van der Waals surface area contributed by atoms with E-state index in [1.807, 2.05) is 49.4 Å². The second kappa shape index (κ2) is 9.56. The predicted molar refractivity (Wildman–Crippen MR) is 126 cm³/mol. The Morgan fingerprint density at radius 1 is 1.06 bits per heavy atom. The molecule has 0 bridgehead atoms. The maximum Gasteiger partial charge on any atom is 0.330 e. The van der Waals surface area contributed by atoms with Crippen LogP contribution in [0.15, 0.2) is 58.3 Å². The molecular formula is C24H25N5O4. The average Bonchev–Trinajstić information content (AvgIpc) is 2.82. The zero-order valence-electron chi connectivity index (χ0n) is 18.7. The molecule has 0 aliphatic rings. The molecule has 0 radical (unpaired) electrons. The van der Waals surface area contributed by atoms with E-state index >= 15 is 0 Å². The summed E-state index contributed by atoms with van der Waals surface area (Å²) in [5.74, 6) is 1.66. The summed E-state index contributed by atoms with van der Waals surface area (Å²) in [5, 5.41) is 3.39. The van der Waals surface area contributed by atoms with Crippen molar-refractivity contribution in [1.82, 2.24) is 19.5 Å². The van der Waals surface area contributed by atoms with Gasteiger partial charge in [-0.05, 0) is 42.2 Å². The third-order valence-corrected chi connectivity index (χ3v) is 5.47. The number of rotatable bonds is 8. The van der Waals surface area contributed by atoms with Crippen LogP contribution in [0.3, 0.4) is 0 Å². The molecule has 170 valence electrons. The van der Waals surface area contributed by atoms with Crippen LogP contribution in [0.2, 0.25) is 0 Å². The third-order valence-electron chi connectivity index (χ3n) is 5.47. The molecule has 0 spiro atoms. The predicted octanol–water partition coefficient (Wildman–Crippen LogP) is 2.51. The first-order chi connectivity index (χ1) is 16.0. The Bertz CT molecular complexity index is 1410. The Hall–Kier alpha value is -4.14. The largest absolute Gasteiger partial charge is 0.493 e. The highest BCUT2D eigenvalue weighted by atomic mass is 16.5. The minimum absolute atomic E-state index is 0.183. The van der Waals surface area contributed by atoms with Crippen molar-refractivity contribution in [2.45, 2.75) is 19.9 Å². The van der Waals surface area contributed by atoms with Crippen molar-refractivity contribution in [3.63, 3.8) is 0 Å². The number of methoxy groups -OCH3 is 2. The maximum atomic E-state index is 12.9. The molecule has 2 aromatic heterocycles. The third kappa shape index (κ3) is 4.72. The average molecular weight is 447 g/mol. The van der Waals surface area contributed by atoms with Crippen LogP contribution in [0.1, 0.15) is 16.7 Å². The van der Waals surface area contributed by atoms with Gasteiger partial charge in [0.05, 0.1) is 20.8 Å². The summed E-state index contributed by atoms with van der Waals surface area (Å²) in [6.07, 6.45) is 2.13. The summed E-state index contributed by atoms with van der Waals surface area (Å²) in [5.41, 5.74) is 2.23. The smallest absolute Gasteiger partial charge is 0.330 e. The lowest BCUT2D eigenvalue weighted by atomic mass is 10.1. The van der Waals surface area contributed by atoms with Crippen molar-refractivity contribution >= 4 is 17.0 Å². The van der Waals surface area contributed by atoms with Crippen LogP contribution >= 0.6 is 0 Å². The number of hydrogen-bond acceptors (Lipinski definition) is 7. The number of nitrogens with zero attached hydrogens (tertiary/aromatic N) is 3. The number of ether oxygens (including phenoxy) is 2. The number of aromatic amines is 1. The van der Waals surface area contributed by atoms with E-state index in [9.17, 15) is 9.59 Å². The van der Waals surface area contributed by atoms with E-state index in [-0.39, 0.29) is 17.6 Å². The molecule has 4 rings (SSSR count). The van der Waals surface area contributed by atoms with Crippen LogP contribution in [0.5, 0.6) is 11.5 Å². The fourth-order valence-electron chi connectivity index (χ4n) is 3.58. The first kappa shape index (κ1) is 22.1. The van der Waals surface area contributed by atoms with E-state index in [2.05, 4.69) is 20.3 Å². The lowest BCUT2D eigenvalue weighted by molar-refractivity contribution is 0.354. The normalized spacial score (nSPS) is 10.9. The fourth-order valence-corrected chi connectivity index (χ4v) is 3.58. The van der Waals surface area contributed by atoms with E-state index in [0.29, 0.717) is 30.4 Å². The number of H-pyrrole nitrogens is 1. The quantitative estimate of drug-likeness (QED) is 0.427. The molecule has 0 atom stereocenters. The number of fused-ring (bicyclic) bond motifs is 1. The monoisotopic (exact) mass is 447 g/mol. The lowest BCUT2D eigenvalue weighted by Gasteiger charge is -2.11. The number of aromatic nitrogens is 4. The van der Waals surface area contributed by atoms with Crippen LogP contribution in [0.4, 0.5) is 5.95 Å².